The molecule has 0 atom stereocenters. The van der Waals surface area contributed by atoms with Gasteiger partial charge < -0.3 is 5.32 Å². The monoisotopic (exact) mass is 288 g/mol. The molecule has 0 bridgehead atoms. The van der Waals surface area contributed by atoms with E-state index in [1.807, 2.05) is 0 Å². The van der Waals surface area contributed by atoms with Gasteiger partial charge in [-0.1, -0.05) is 0 Å². The minimum atomic E-state index is -4.22. The number of alkyl halides is 3. The van der Waals surface area contributed by atoms with Crippen LogP contribution in [0.4, 0.5) is 13.2 Å². The van der Waals surface area contributed by atoms with Gasteiger partial charge in [-0.15, -0.1) is 0 Å². The van der Waals surface area contributed by atoms with Crippen molar-refractivity contribution in [2.45, 2.75) is 44.3 Å². The first-order chi connectivity index (χ1) is 8.29. The first-order valence-corrected chi connectivity index (χ1v) is 7.71. The van der Waals surface area contributed by atoms with E-state index in [1.54, 1.807) is 0 Å². The number of hydrogen-bond acceptors (Lipinski definition) is 3. The molecule has 1 fully saturated rings. The Morgan fingerprint density at radius 3 is 2.33 bits per heavy atom. The molecule has 18 heavy (non-hydrogen) atoms. The molecule has 0 aromatic carbocycles. The normalized spacial score (nSPS) is 17.1. The topological polar surface area (TPSA) is 58.2 Å². The highest BCUT2D eigenvalue weighted by Crippen LogP contribution is 2.20. The van der Waals surface area contributed by atoms with Crippen molar-refractivity contribution in [3.63, 3.8) is 0 Å². The summed E-state index contributed by atoms with van der Waals surface area (Å²) < 4.78 is 60.4. The third-order valence-corrected chi connectivity index (χ3v) is 4.03. The summed E-state index contributed by atoms with van der Waals surface area (Å²) in [6, 6.07) is 0.535. The van der Waals surface area contributed by atoms with E-state index in [1.165, 1.54) is 0 Å². The Kier molecular flexibility index (Phi) is 5.87. The van der Waals surface area contributed by atoms with E-state index in [-0.39, 0.29) is 18.7 Å². The van der Waals surface area contributed by atoms with Crippen LogP contribution in [0.5, 0.6) is 0 Å². The lowest BCUT2D eigenvalue weighted by atomic mass is 10.3. The smallest absolute Gasteiger partial charge is 0.314 e. The third kappa shape index (κ3) is 8.71. The summed E-state index contributed by atoms with van der Waals surface area (Å²) in [5, 5.41) is 3.18. The number of sulfonamides is 1. The second-order valence-corrected chi connectivity index (χ2v) is 6.44. The quantitative estimate of drug-likeness (QED) is 0.630. The molecule has 0 aromatic rings. The van der Waals surface area contributed by atoms with Crippen molar-refractivity contribution in [2.75, 3.05) is 18.8 Å². The molecule has 0 saturated heterocycles. The van der Waals surface area contributed by atoms with Crippen LogP contribution in [0.2, 0.25) is 0 Å². The van der Waals surface area contributed by atoms with Crippen LogP contribution in [0.1, 0.15) is 32.1 Å². The standard InChI is InChI=1S/C10H19F3N2O2S/c11-10(12,13)5-1-7-15-18(16,17)8-2-6-14-9-3-4-9/h9,14-15H,1-8H2. The Labute approximate surface area is 105 Å². The lowest BCUT2D eigenvalue weighted by Crippen LogP contribution is -2.30. The molecule has 0 amide bonds. The van der Waals surface area contributed by atoms with Gasteiger partial charge in [0.15, 0.2) is 0 Å². The van der Waals surface area contributed by atoms with Crippen molar-refractivity contribution in [3.05, 3.63) is 0 Å². The molecule has 1 saturated carbocycles. The van der Waals surface area contributed by atoms with Crippen LogP contribution < -0.4 is 10.0 Å². The average molecular weight is 288 g/mol. The molecule has 0 unspecified atom stereocenters. The second kappa shape index (κ2) is 6.72. The molecule has 0 spiro atoms. The van der Waals surface area contributed by atoms with Gasteiger partial charge in [0.1, 0.15) is 0 Å². The maximum Gasteiger partial charge on any atom is 0.389 e. The van der Waals surface area contributed by atoms with Crippen LogP contribution in [0.3, 0.4) is 0 Å². The Morgan fingerprint density at radius 2 is 1.78 bits per heavy atom. The predicted molar refractivity (Wildman–Crippen MR) is 62.7 cm³/mol. The molecule has 0 heterocycles. The maximum absolute atomic E-state index is 11.8. The van der Waals surface area contributed by atoms with Crippen LogP contribution in [-0.2, 0) is 10.0 Å². The van der Waals surface area contributed by atoms with Gasteiger partial charge in [-0.05, 0) is 32.2 Å². The summed E-state index contributed by atoms with van der Waals surface area (Å²) in [5.74, 6) is -0.0429. The van der Waals surface area contributed by atoms with Crippen molar-refractivity contribution < 1.29 is 21.6 Å². The van der Waals surface area contributed by atoms with Gasteiger partial charge in [-0.2, -0.15) is 13.2 Å². The number of halogens is 3. The minimum absolute atomic E-state index is 0.0429. The molecule has 0 aromatic heterocycles. The molecule has 4 nitrogen and oxygen atoms in total. The summed E-state index contributed by atoms with van der Waals surface area (Å²) in [4.78, 5) is 0. The van der Waals surface area contributed by atoms with Gasteiger partial charge in [-0.25, -0.2) is 13.1 Å². The summed E-state index contributed by atoms with van der Waals surface area (Å²) in [5.41, 5.74) is 0. The molecular formula is C10H19F3N2O2S. The van der Waals surface area contributed by atoms with E-state index in [2.05, 4.69) is 10.0 Å². The number of hydrogen-bond donors (Lipinski definition) is 2. The molecule has 1 aliphatic rings. The number of nitrogens with one attached hydrogen (secondary N) is 2. The van der Waals surface area contributed by atoms with Crippen LogP contribution in [0, 0.1) is 0 Å². The van der Waals surface area contributed by atoms with E-state index in [0.29, 0.717) is 19.0 Å². The van der Waals surface area contributed by atoms with Crippen molar-refractivity contribution in [2.24, 2.45) is 0 Å². The fourth-order valence-corrected chi connectivity index (χ4v) is 2.57. The molecular weight excluding hydrogens is 269 g/mol. The van der Waals surface area contributed by atoms with Gasteiger partial charge >= 0.3 is 6.18 Å². The van der Waals surface area contributed by atoms with E-state index >= 15 is 0 Å². The maximum atomic E-state index is 11.8. The first kappa shape index (κ1) is 15.7. The van der Waals surface area contributed by atoms with Crippen LogP contribution >= 0.6 is 0 Å². The molecule has 0 radical (unpaired) electrons. The van der Waals surface area contributed by atoms with E-state index in [4.69, 9.17) is 0 Å². The highest BCUT2D eigenvalue weighted by atomic mass is 32.2. The zero-order valence-electron chi connectivity index (χ0n) is 10.1. The van der Waals surface area contributed by atoms with Crippen molar-refractivity contribution in [3.8, 4) is 0 Å². The van der Waals surface area contributed by atoms with Gasteiger partial charge in [0, 0.05) is 19.0 Å². The van der Waals surface area contributed by atoms with Crippen molar-refractivity contribution in [1.29, 1.82) is 0 Å². The zero-order chi connectivity index (χ0) is 13.6. The lowest BCUT2D eigenvalue weighted by molar-refractivity contribution is -0.135. The molecule has 108 valence electrons. The largest absolute Gasteiger partial charge is 0.389 e. The van der Waals surface area contributed by atoms with Crippen molar-refractivity contribution in [1.82, 2.24) is 10.0 Å². The molecule has 0 aliphatic heterocycles. The Hall–Kier alpha value is -0.340. The molecule has 1 rings (SSSR count). The fourth-order valence-electron chi connectivity index (χ4n) is 1.44. The van der Waals surface area contributed by atoms with Gasteiger partial charge in [0.25, 0.3) is 0 Å². The summed E-state index contributed by atoms with van der Waals surface area (Å²) in [6.45, 7) is 0.478. The Morgan fingerprint density at radius 1 is 1.11 bits per heavy atom. The van der Waals surface area contributed by atoms with Crippen LogP contribution in [0.25, 0.3) is 0 Å². The zero-order valence-corrected chi connectivity index (χ0v) is 10.9. The lowest BCUT2D eigenvalue weighted by Gasteiger charge is -2.08. The SMILES string of the molecule is O=S(=O)(CCCNC1CC1)NCCCC(F)(F)F. The van der Waals surface area contributed by atoms with Gasteiger partial charge in [0.2, 0.25) is 10.0 Å². The Balaban J connectivity index is 2.03. The molecule has 1 aliphatic carbocycles. The van der Waals surface area contributed by atoms with Gasteiger partial charge in [0.05, 0.1) is 5.75 Å². The van der Waals surface area contributed by atoms with E-state index < -0.39 is 22.6 Å². The average Bonchev–Trinajstić information content (AvgIpc) is 3.02. The highest BCUT2D eigenvalue weighted by molar-refractivity contribution is 7.89. The fraction of sp³-hybridized carbons (Fsp3) is 1.00. The van der Waals surface area contributed by atoms with Crippen molar-refractivity contribution >= 4 is 10.0 Å². The van der Waals surface area contributed by atoms with Crippen LogP contribution in [-0.4, -0.2) is 39.5 Å². The minimum Gasteiger partial charge on any atom is -0.314 e. The van der Waals surface area contributed by atoms with Gasteiger partial charge in [-0.3, -0.25) is 0 Å². The first-order valence-electron chi connectivity index (χ1n) is 6.06. The summed E-state index contributed by atoms with van der Waals surface area (Å²) >= 11 is 0. The summed E-state index contributed by atoms with van der Waals surface area (Å²) in [6.07, 6.45) is -2.64. The van der Waals surface area contributed by atoms with Crippen LogP contribution in [0.15, 0.2) is 0 Å². The number of rotatable bonds is 9. The highest BCUT2D eigenvalue weighted by Gasteiger charge is 2.26. The predicted octanol–water partition coefficient (Wildman–Crippen LogP) is 1.39. The summed E-state index contributed by atoms with van der Waals surface area (Å²) in [7, 11) is -3.43. The van der Waals surface area contributed by atoms with E-state index in [0.717, 1.165) is 12.8 Å². The second-order valence-electron chi connectivity index (χ2n) is 4.51. The van der Waals surface area contributed by atoms with E-state index in [9.17, 15) is 21.6 Å². The molecule has 8 heteroatoms. The molecule has 2 N–H and O–H groups in total. The third-order valence-electron chi connectivity index (χ3n) is 2.56. The Bertz CT molecular complexity index is 340.